The first-order chi connectivity index (χ1) is 12.1. The molecule has 0 aliphatic rings. The molecule has 1 amide bonds. The fraction of sp³-hybridized carbons (Fsp3) is 0.444. The van der Waals surface area contributed by atoms with E-state index in [1.54, 1.807) is 24.3 Å². The molecule has 1 heterocycles. The Balaban J connectivity index is 2.29. The van der Waals surface area contributed by atoms with E-state index in [9.17, 15) is 14.4 Å². The van der Waals surface area contributed by atoms with Gasteiger partial charge in [-0.2, -0.15) is 5.10 Å². The summed E-state index contributed by atoms with van der Waals surface area (Å²) >= 11 is 0. The first-order valence-corrected chi connectivity index (χ1v) is 8.52. The van der Waals surface area contributed by atoms with Gasteiger partial charge in [-0.1, -0.05) is 38.5 Å². The van der Waals surface area contributed by atoms with Crippen molar-refractivity contribution in [3.8, 4) is 0 Å². The zero-order valence-electron chi connectivity index (χ0n) is 14.6. The van der Waals surface area contributed by atoms with Crippen molar-refractivity contribution in [2.75, 3.05) is 13.2 Å². The number of carbonyl (C=O) groups is 2. The quantitative estimate of drug-likeness (QED) is 0.738. The van der Waals surface area contributed by atoms with Crippen molar-refractivity contribution in [2.24, 2.45) is 0 Å². The molecule has 25 heavy (non-hydrogen) atoms. The first kappa shape index (κ1) is 18.6. The number of nitrogens with one attached hydrogen (secondary N) is 1. The highest BCUT2D eigenvalue weighted by Gasteiger charge is 2.18. The van der Waals surface area contributed by atoms with Gasteiger partial charge in [0.05, 0.1) is 5.39 Å². The maximum Gasteiger partial charge on any atom is 0.359 e. The fourth-order valence-electron chi connectivity index (χ4n) is 2.36. The van der Waals surface area contributed by atoms with Gasteiger partial charge in [0.15, 0.2) is 12.3 Å². The lowest BCUT2D eigenvalue weighted by atomic mass is 10.1. The number of benzene rings is 1. The van der Waals surface area contributed by atoms with Crippen LogP contribution >= 0.6 is 0 Å². The topological polar surface area (TPSA) is 90.3 Å². The Morgan fingerprint density at radius 2 is 1.88 bits per heavy atom. The normalized spacial score (nSPS) is 10.6. The van der Waals surface area contributed by atoms with Crippen molar-refractivity contribution in [1.29, 1.82) is 0 Å². The van der Waals surface area contributed by atoms with E-state index in [2.05, 4.69) is 10.4 Å². The highest BCUT2D eigenvalue weighted by atomic mass is 16.5. The van der Waals surface area contributed by atoms with Crippen LogP contribution in [0.5, 0.6) is 0 Å². The van der Waals surface area contributed by atoms with Crippen molar-refractivity contribution in [3.63, 3.8) is 0 Å². The Morgan fingerprint density at radius 1 is 1.16 bits per heavy atom. The van der Waals surface area contributed by atoms with Gasteiger partial charge in [0.25, 0.3) is 11.5 Å². The third-order valence-corrected chi connectivity index (χ3v) is 3.69. The van der Waals surface area contributed by atoms with E-state index in [4.69, 9.17) is 4.74 Å². The number of rotatable bonds is 8. The van der Waals surface area contributed by atoms with Gasteiger partial charge < -0.3 is 10.1 Å². The first-order valence-electron chi connectivity index (χ1n) is 8.52. The van der Waals surface area contributed by atoms with Gasteiger partial charge in [-0.25, -0.2) is 9.48 Å². The minimum absolute atomic E-state index is 0.0506. The molecule has 0 aliphatic carbocycles. The second-order valence-corrected chi connectivity index (χ2v) is 5.70. The summed E-state index contributed by atoms with van der Waals surface area (Å²) in [4.78, 5) is 36.5. The summed E-state index contributed by atoms with van der Waals surface area (Å²) in [6.45, 7) is 4.53. The number of hydrogen-bond donors (Lipinski definition) is 1. The molecule has 134 valence electrons. The predicted molar refractivity (Wildman–Crippen MR) is 94.5 cm³/mol. The van der Waals surface area contributed by atoms with Crippen molar-refractivity contribution in [1.82, 2.24) is 15.1 Å². The zero-order valence-corrected chi connectivity index (χ0v) is 14.6. The van der Waals surface area contributed by atoms with E-state index < -0.39 is 5.97 Å². The molecule has 0 radical (unpaired) electrons. The van der Waals surface area contributed by atoms with Crippen molar-refractivity contribution in [2.45, 2.75) is 39.7 Å². The Bertz CT molecular complexity index is 814. The molecule has 1 aromatic heterocycles. The van der Waals surface area contributed by atoms with Crippen LogP contribution in [-0.4, -0.2) is 34.8 Å². The van der Waals surface area contributed by atoms with Crippen LogP contribution in [0.3, 0.4) is 0 Å². The third-order valence-electron chi connectivity index (χ3n) is 3.69. The van der Waals surface area contributed by atoms with E-state index in [-0.39, 0.29) is 23.8 Å². The number of fused-ring (bicyclic) bond motifs is 1. The summed E-state index contributed by atoms with van der Waals surface area (Å²) in [5, 5.41) is 7.65. The Labute approximate surface area is 146 Å². The van der Waals surface area contributed by atoms with Crippen LogP contribution in [0.15, 0.2) is 29.1 Å². The Hall–Kier alpha value is -2.70. The summed E-state index contributed by atoms with van der Waals surface area (Å²) in [6, 6.07) is 6.78. The molecule has 0 atom stereocenters. The molecule has 7 heteroatoms. The van der Waals surface area contributed by atoms with Gasteiger partial charge in [-0.3, -0.25) is 9.59 Å². The lowest BCUT2D eigenvalue weighted by molar-refractivity contribution is -0.124. The van der Waals surface area contributed by atoms with Gasteiger partial charge in [0.2, 0.25) is 0 Å². The number of nitrogens with zero attached hydrogens (tertiary/aromatic N) is 2. The molecule has 1 N–H and O–H groups in total. The summed E-state index contributed by atoms with van der Waals surface area (Å²) in [5.41, 5.74) is -0.184. The number of amides is 1. The van der Waals surface area contributed by atoms with Crippen LogP contribution in [0, 0.1) is 0 Å². The molecule has 0 saturated carbocycles. The van der Waals surface area contributed by atoms with Gasteiger partial charge >= 0.3 is 5.97 Å². The molecule has 0 bridgehead atoms. The molecule has 1 aromatic carbocycles. The van der Waals surface area contributed by atoms with Gasteiger partial charge in [0, 0.05) is 18.5 Å². The number of hydrogen-bond acceptors (Lipinski definition) is 5. The maximum absolute atomic E-state index is 12.5. The van der Waals surface area contributed by atoms with Crippen LogP contribution < -0.4 is 10.9 Å². The molecule has 0 unspecified atom stereocenters. The van der Waals surface area contributed by atoms with Crippen LogP contribution in [-0.2, 0) is 16.1 Å². The average molecular weight is 345 g/mol. The number of carbonyl (C=O) groups excluding carboxylic acids is 2. The minimum Gasteiger partial charge on any atom is -0.451 e. The Kier molecular flexibility index (Phi) is 6.68. The van der Waals surface area contributed by atoms with Crippen LogP contribution in [0.2, 0.25) is 0 Å². The van der Waals surface area contributed by atoms with Crippen molar-refractivity contribution in [3.05, 3.63) is 40.3 Å². The molecule has 2 rings (SSSR count). The smallest absolute Gasteiger partial charge is 0.359 e. The summed E-state index contributed by atoms with van der Waals surface area (Å²) in [7, 11) is 0. The average Bonchev–Trinajstić information content (AvgIpc) is 2.64. The Morgan fingerprint density at radius 3 is 2.56 bits per heavy atom. The zero-order chi connectivity index (χ0) is 18.2. The number of esters is 1. The lowest BCUT2D eigenvalue weighted by Gasteiger charge is -2.10. The molecule has 2 aromatic rings. The predicted octanol–water partition coefficient (Wildman–Crippen LogP) is 1.88. The van der Waals surface area contributed by atoms with E-state index in [1.165, 1.54) is 4.68 Å². The highest BCUT2D eigenvalue weighted by Crippen LogP contribution is 2.14. The van der Waals surface area contributed by atoms with Gasteiger partial charge in [-0.05, 0) is 18.9 Å². The summed E-state index contributed by atoms with van der Waals surface area (Å²) in [5.74, 6) is -1.08. The van der Waals surface area contributed by atoms with Crippen molar-refractivity contribution >= 4 is 22.6 Å². The van der Waals surface area contributed by atoms with E-state index in [0.717, 1.165) is 19.3 Å². The lowest BCUT2D eigenvalue weighted by Crippen LogP contribution is -2.30. The van der Waals surface area contributed by atoms with E-state index in [0.29, 0.717) is 23.9 Å². The summed E-state index contributed by atoms with van der Waals surface area (Å²) < 4.78 is 6.36. The van der Waals surface area contributed by atoms with Gasteiger partial charge in [0.1, 0.15) is 0 Å². The van der Waals surface area contributed by atoms with E-state index in [1.807, 2.05) is 13.8 Å². The second-order valence-electron chi connectivity index (χ2n) is 5.70. The second kappa shape index (κ2) is 8.96. The molecular formula is C18H23N3O4. The van der Waals surface area contributed by atoms with Crippen LogP contribution in [0.25, 0.3) is 10.8 Å². The number of ether oxygens (including phenoxy) is 1. The number of aromatic nitrogens is 2. The molecule has 0 saturated heterocycles. The third kappa shape index (κ3) is 4.65. The number of unbranched alkanes of at least 4 members (excludes halogenated alkanes) is 1. The molecule has 7 nitrogen and oxygen atoms in total. The monoisotopic (exact) mass is 345 g/mol. The summed E-state index contributed by atoms with van der Waals surface area (Å²) in [6.07, 6.45) is 2.48. The van der Waals surface area contributed by atoms with Crippen molar-refractivity contribution < 1.29 is 14.3 Å². The largest absolute Gasteiger partial charge is 0.451 e. The molecule has 0 fully saturated rings. The van der Waals surface area contributed by atoms with Gasteiger partial charge in [-0.15, -0.1) is 0 Å². The SMILES string of the molecule is CCCCn1nc(C(=O)OCC(=O)NCCC)c2ccccc2c1=O. The van der Waals surface area contributed by atoms with Crippen LogP contribution in [0.1, 0.15) is 43.6 Å². The maximum atomic E-state index is 12.5. The van der Waals surface area contributed by atoms with Crippen LogP contribution in [0.4, 0.5) is 0 Å². The standard InChI is InChI=1S/C18H23N3O4/c1-3-5-11-21-17(23)14-9-7-6-8-13(14)16(20-21)18(24)25-12-15(22)19-10-4-2/h6-9H,3-5,10-12H2,1-2H3,(H,19,22). The number of aryl methyl sites for hydroxylation is 1. The fourth-order valence-corrected chi connectivity index (χ4v) is 2.36. The molecular weight excluding hydrogens is 322 g/mol. The molecule has 0 aliphatic heterocycles. The minimum atomic E-state index is -0.715. The highest BCUT2D eigenvalue weighted by molar-refractivity contribution is 6.02. The van der Waals surface area contributed by atoms with E-state index >= 15 is 0 Å². The molecule has 0 spiro atoms.